The molecule has 1 amide bonds. The molecule has 1 unspecified atom stereocenters. The fourth-order valence-corrected chi connectivity index (χ4v) is 3.54. The highest BCUT2D eigenvalue weighted by molar-refractivity contribution is 7.13. The molecule has 2 heterocycles. The normalized spacial score (nSPS) is 16.9. The quantitative estimate of drug-likeness (QED) is 0.872. The average Bonchev–Trinajstić information content (AvgIpc) is 2.97. The van der Waals surface area contributed by atoms with Gasteiger partial charge in [0, 0.05) is 25.6 Å². The molecule has 0 aliphatic carbocycles. The summed E-state index contributed by atoms with van der Waals surface area (Å²) in [5.41, 5.74) is 6.91. The molecule has 1 atom stereocenters. The maximum atomic E-state index is 12.9. The van der Waals surface area contributed by atoms with Crippen molar-refractivity contribution in [3.63, 3.8) is 0 Å². The van der Waals surface area contributed by atoms with Crippen LogP contribution in [-0.4, -0.2) is 34.9 Å². The summed E-state index contributed by atoms with van der Waals surface area (Å²) >= 11 is 1.40. The molecule has 1 aromatic carbocycles. The Bertz CT molecular complexity index is 666. The van der Waals surface area contributed by atoms with Gasteiger partial charge in [0.25, 0.3) is 5.91 Å². The lowest BCUT2D eigenvalue weighted by Crippen LogP contribution is -2.45. The molecule has 1 saturated heterocycles. The highest BCUT2D eigenvalue weighted by Gasteiger charge is 2.23. The van der Waals surface area contributed by atoms with Crippen molar-refractivity contribution in [3.8, 4) is 0 Å². The number of carbonyl (C=O) groups excluding carboxylic acids is 1. The van der Waals surface area contributed by atoms with E-state index in [4.69, 9.17) is 5.73 Å². The third-order valence-corrected chi connectivity index (χ3v) is 4.76. The van der Waals surface area contributed by atoms with Gasteiger partial charge in [0.1, 0.15) is 10.7 Å². The standard InChI is InChI=1S/C16H18FN3OS.2ClH/c17-12-5-3-11(4-6-12)8-15-19-9-14(22-15)16(21)20-7-1-2-13(18)10-20;;/h3-6,9,13H,1-2,7-8,10,18H2;2*1H. The van der Waals surface area contributed by atoms with Crippen LogP contribution in [0.4, 0.5) is 4.39 Å². The van der Waals surface area contributed by atoms with Gasteiger partial charge in [0.05, 0.1) is 11.2 Å². The van der Waals surface area contributed by atoms with Gasteiger partial charge in [0.2, 0.25) is 0 Å². The van der Waals surface area contributed by atoms with Crippen LogP contribution in [0.5, 0.6) is 0 Å². The minimum absolute atomic E-state index is 0. The summed E-state index contributed by atoms with van der Waals surface area (Å²) in [6, 6.07) is 6.42. The molecule has 1 aromatic heterocycles. The third-order valence-electron chi connectivity index (χ3n) is 3.78. The number of nitrogens with zero attached hydrogens (tertiary/aromatic N) is 2. The van der Waals surface area contributed by atoms with Gasteiger partial charge < -0.3 is 10.6 Å². The zero-order valence-corrected chi connectivity index (χ0v) is 15.4. The fraction of sp³-hybridized carbons (Fsp3) is 0.375. The number of thiazole rings is 1. The lowest BCUT2D eigenvalue weighted by Gasteiger charge is -2.30. The minimum Gasteiger partial charge on any atom is -0.336 e. The van der Waals surface area contributed by atoms with Crippen LogP contribution in [0.15, 0.2) is 30.5 Å². The monoisotopic (exact) mass is 391 g/mol. The summed E-state index contributed by atoms with van der Waals surface area (Å²) in [5, 5.41) is 0.858. The lowest BCUT2D eigenvalue weighted by atomic mass is 10.1. The van der Waals surface area contributed by atoms with Crippen LogP contribution >= 0.6 is 36.2 Å². The van der Waals surface area contributed by atoms with Crippen molar-refractivity contribution >= 4 is 42.1 Å². The number of hydrogen-bond donors (Lipinski definition) is 1. The van der Waals surface area contributed by atoms with Crippen molar-refractivity contribution < 1.29 is 9.18 Å². The highest BCUT2D eigenvalue weighted by Crippen LogP contribution is 2.20. The first-order valence-corrected chi connectivity index (χ1v) is 8.17. The molecule has 0 bridgehead atoms. The van der Waals surface area contributed by atoms with Crippen LogP contribution < -0.4 is 5.73 Å². The van der Waals surface area contributed by atoms with Gasteiger partial charge in [-0.3, -0.25) is 4.79 Å². The van der Waals surface area contributed by atoms with E-state index < -0.39 is 0 Å². The second kappa shape index (κ2) is 9.32. The Morgan fingerprint density at radius 3 is 2.71 bits per heavy atom. The molecule has 2 N–H and O–H groups in total. The first kappa shape index (κ1) is 20.8. The van der Waals surface area contributed by atoms with Gasteiger partial charge in [-0.1, -0.05) is 12.1 Å². The Morgan fingerprint density at radius 1 is 1.33 bits per heavy atom. The molecular weight excluding hydrogens is 372 g/mol. The van der Waals surface area contributed by atoms with Gasteiger partial charge in [0.15, 0.2) is 0 Å². The summed E-state index contributed by atoms with van der Waals surface area (Å²) in [5.74, 6) is -0.238. The Labute approximate surface area is 157 Å². The van der Waals surface area contributed by atoms with E-state index in [1.165, 1.54) is 23.5 Å². The number of benzene rings is 1. The van der Waals surface area contributed by atoms with E-state index in [0.717, 1.165) is 30.0 Å². The van der Waals surface area contributed by atoms with Crippen molar-refractivity contribution in [1.29, 1.82) is 0 Å². The van der Waals surface area contributed by atoms with Gasteiger partial charge in [-0.15, -0.1) is 36.2 Å². The number of likely N-dealkylation sites (tertiary alicyclic amines) is 1. The average molecular weight is 392 g/mol. The molecule has 1 aliphatic heterocycles. The predicted octanol–water partition coefficient (Wildman–Crippen LogP) is 3.28. The molecule has 1 aliphatic rings. The summed E-state index contributed by atoms with van der Waals surface area (Å²) in [7, 11) is 0. The highest BCUT2D eigenvalue weighted by atomic mass is 35.5. The molecule has 2 aromatic rings. The first-order valence-electron chi connectivity index (χ1n) is 7.36. The molecular formula is C16H20Cl2FN3OS. The van der Waals surface area contributed by atoms with Crippen LogP contribution in [0, 0.1) is 5.82 Å². The summed E-state index contributed by atoms with van der Waals surface area (Å²) in [4.78, 5) is 19.2. The first-order chi connectivity index (χ1) is 10.6. The topological polar surface area (TPSA) is 59.2 Å². The van der Waals surface area contributed by atoms with E-state index in [0.29, 0.717) is 17.8 Å². The van der Waals surface area contributed by atoms with E-state index in [2.05, 4.69) is 4.98 Å². The van der Waals surface area contributed by atoms with E-state index in [1.807, 2.05) is 4.90 Å². The Hall–Kier alpha value is -1.21. The Kier molecular flexibility index (Phi) is 8.09. The second-order valence-electron chi connectivity index (χ2n) is 5.57. The summed E-state index contributed by atoms with van der Waals surface area (Å²) in [6.07, 6.45) is 4.17. The third kappa shape index (κ3) is 5.14. The van der Waals surface area contributed by atoms with Crippen LogP contribution in [0.3, 0.4) is 0 Å². The van der Waals surface area contributed by atoms with Crippen LogP contribution in [-0.2, 0) is 6.42 Å². The van der Waals surface area contributed by atoms with Crippen molar-refractivity contribution in [3.05, 3.63) is 51.7 Å². The SMILES string of the molecule is Cl.Cl.NC1CCCN(C(=O)c2cnc(Cc3ccc(F)cc3)s2)C1. The zero-order chi connectivity index (χ0) is 15.5. The minimum atomic E-state index is -0.250. The van der Waals surface area contributed by atoms with E-state index >= 15 is 0 Å². The van der Waals surface area contributed by atoms with Crippen molar-refractivity contribution in [1.82, 2.24) is 9.88 Å². The second-order valence-corrected chi connectivity index (χ2v) is 6.69. The van der Waals surface area contributed by atoms with Crippen LogP contribution in [0.1, 0.15) is 33.1 Å². The number of piperidine rings is 1. The number of amides is 1. The summed E-state index contributed by atoms with van der Waals surface area (Å²) in [6.45, 7) is 1.38. The van der Waals surface area contributed by atoms with E-state index in [9.17, 15) is 9.18 Å². The van der Waals surface area contributed by atoms with Crippen molar-refractivity contribution in [2.24, 2.45) is 5.73 Å². The van der Waals surface area contributed by atoms with Crippen LogP contribution in [0.2, 0.25) is 0 Å². The molecule has 8 heteroatoms. The molecule has 4 nitrogen and oxygen atoms in total. The van der Waals surface area contributed by atoms with Crippen molar-refractivity contribution in [2.45, 2.75) is 25.3 Å². The Morgan fingerprint density at radius 2 is 2.04 bits per heavy atom. The van der Waals surface area contributed by atoms with Crippen molar-refractivity contribution in [2.75, 3.05) is 13.1 Å². The molecule has 132 valence electrons. The lowest BCUT2D eigenvalue weighted by molar-refractivity contribution is 0.0713. The molecule has 1 fully saturated rings. The molecule has 0 radical (unpaired) electrons. The largest absolute Gasteiger partial charge is 0.336 e. The molecule has 3 rings (SSSR count). The number of rotatable bonds is 3. The van der Waals surface area contributed by atoms with Gasteiger partial charge in [-0.2, -0.15) is 0 Å². The number of nitrogens with two attached hydrogens (primary N) is 1. The van der Waals surface area contributed by atoms with Crippen LogP contribution in [0.25, 0.3) is 0 Å². The van der Waals surface area contributed by atoms with Gasteiger partial charge in [-0.25, -0.2) is 9.37 Å². The molecule has 0 saturated carbocycles. The maximum absolute atomic E-state index is 12.9. The fourth-order valence-electron chi connectivity index (χ4n) is 2.62. The summed E-state index contributed by atoms with van der Waals surface area (Å²) < 4.78 is 12.9. The smallest absolute Gasteiger partial charge is 0.265 e. The molecule has 0 spiro atoms. The number of aromatic nitrogens is 1. The van der Waals surface area contributed by atoms with Gasteiger partial charge in [-0.05, 0) is 30.5 Å². The van der Waals surface area contributed by atoms with E-state index in [1.54, 1.807) is 18.3 Å². The number of carbonyl (C=O) groups is 1. The molecule has 24 heavy (non-hydrogen) atoms. The zero-order valence-electron chi connectivity index (χ0n) is 13.0. The van der Waals surface area contributed by atoms with E-state index in [-0.39, 0.29) is 42.6 Å². The Balaban J connectivity index is 0.00000144. The number of halogens is 3. The predicted molar refractivity (Wildman–Crippen MR) is 98.9 cm³/mol. The number of hydrogen-bond acceptors (Lipinski definition) is 4. The maximum Gasteiger partial charge on any atom is 0.265 e. The van der Waals surface area contributed by atoms with Gasteiger partial charge >= 0.3 is 0 Å².